The van der Waals surface area contributed by atoms with Crippen LogP contribution in [0.2, 0.25) is 0 Å². The Labute approximate surface area is 106 Å². The van der Waals surface area contributed by atoms with Gasteiger partial charge in [0.15, 0.2) is 0 Å². The number of hydrogen-bond donors (Lipinski definition) is 2. The lowest BCUT2D eigenvalue weighted by atomic mass is 9.92. The topological polar surface area (TPSA) is 55.1 Å². The maximum atomic E-state index is 12.0. The number of nitrogens with two attached hydrogens (primary N) is 1. The SMILES string of the molecule is NC1CCC(NC(=O)C2CSCCS2)CC1. The molecule has 0 aromatic rings. The van der Waals surface area contributed by atoms with Crippen molar-refractivity contribution in [3.8, 4) is 0 Å². The third-order valence-electron chi connectivity index (χ3n) is 3.23. The minimum atomic E-state index is 0.175. The lowest BCUT2D eigenvalue weighted by Gasteiger charge is -2.29. The molecule has 16 heavy (non-hydrogen) atoms. The van der Waals surface area contributed by atoms with Crippen molar-refractivity contribution in [3.05, 3.63) is 0 Å². The van der Waals surface area contributed by atoms with Gasteiger partial charge in [0.05, 0.1) is 5.25 Å². The summed E-state index contributed by atoms with van der Waals surface area (Å²) in [5, 5.41) is 3.36. The van der Waals surface area contributed by atoms with Crippen LogP contribution in [0.5, 0.6) is 0 Å². The molecule has 0 aromatic carbocycles. The van der Waals surface area contributed by atoms with Gasteiger partial charge in [-0.15, -0.1) is 11.8 Å². The molecule has 3 N–H and O–H groups in total. The maximum absolute atomic E-state index is 12.0. The van der Waals surface area contributed by atoms with Gasteiger partial charge in [-0.3, -0.25) is 4.79 Å². The third-order valence-corrected chi connectivity index (χ3v) is 5.98. The number of rotatable bonds is 2. The molecule has 1 saturated carbocycles. The quantitative estimate of drug-likeness (QED) is 0.784. The number of thioether (sulfide) groups is 2. The zero-order valence-electron chi connectivity index (χ0n) is 9.48. The van der Waals surface area contributed by atoms with E-state index in [0.717, 1.165) is 37.2 Å². The average molecular weight is 260 g/mol. The van der Waals surface area contributed by atoms with Gasteiger partial charge in [-0.2, -0.15) is 11.8 Å². The first kappa shape index (κ1) is 12.6. The molecule has 1 heterocycles. The van der Waals surface area contributed by atoms with Crippen molar-refractivity contribution in [3.63, 3.8) is 0 Å². The molecule has 1 saturated heterocycles. The summed E-state index contributed by atoms with van der Waals surface area (Å²) >= 11 is 3.69. The molecule has 1 aliphatic carbocycles. The fraction of sp³-hybridized carbons (Fsp3) is 0.909. The first-order valence-electron chi connectivity index (χ1n) is 6.01. The Morgan fingerprint density at radius 1 is 1.19 bits per heavy atom. The van der Waals surface area contributed by atoms with Gasteiger partial charge in [-0.25, -0.2) is 0 Å². The second-order valence-electron chi connectivity index (χ2n) is 4.55. The first-order chi connectivity index (χ1) is 7.75. The molecular formula is C11H20N2OS2. The van der Waals surface area contributed by atoms with Gasteiger partial charge in [0.2, 0.25) is 5.91 Å². The highest BCUT2D eigenvalue weighted by atomic mass is 32.2. The largest absolute Gasteiger partial charge is 0.352 e. The number of hydrogen-bond acceptors (Lipinski definition) is 4. The van der Waals surface area contributed by atoms with E-state index in [-0.39, 0.29) is 11.2 Å². The predicted octanol–water partition coefficient (Wildman–Crippen LogP) is 1.22. The van der Waals surface area contributed by atoms with Gasteiger partial charge in [0, 0.05) is 29.3 Å². The minimum absolute atomic E-state index is 0.175. The van der Waals surface area contributed by atoms with E-state index in [1.54, 1.807) is 11.8 Å². The van der Waals surface area contributed by atoms with E-state index in [1.165, 1.54) is 5.75 Å². The van der Waals surface area contributed by atoms with Crippen molar-refractivity contribution < 1.29 is 4.79 Å². The summed E-state index contributed by atoms with van der Waals surface area (Å²) < 4.78 is 0. The van der Waals surface area contributed by atoms with Gasteiger partial charge in [-0.1, -0.05) is 0 Å². The molecule has 0 aromatic heterocycles. The fourth-order valence-corrected chi connectivity index (χ4v) is 4.76. The summed E-state index contributed by atoms with van der Waals surface area (Å²) in [6.07, 6.45) is 4.21. The fourth-order valence-electron chi connectivity index (χ4n) is 2.20. The Morgan fingerprint density at radius 3 is 2.56 bits per heavy atom. The van der Waals surface area contributed by atoms with Crippen LogP contribution in [0, 0.1) is 0 Å². The van der Waals surface area contributed by atoms with Gasteiger partial charge < -0.3 is 11.1 Å². The monoisotopic (exact) mass is 260 g/mol. The summed E-state index contributed by atoms with van der Waals surface area (Å²) in [7, 11) is 0. The van der Waals surface area contributed by atoms with Gasteiger partial charge >= 0.3 is 0 Å². The molecule has 1 unspecified atom stereocenters. The van der Waals surface area contributed by atoms with Crippen LogP contribution < -0.4 is 11.1 Å². The smallest absolute Gasteiger partial charge is 0.234 e. The van der Waals surface area contributed by atoms with Crippen molar-refractivity contribution >= 4 is 29.4 Å². The molecule has 2 rings (SSSR count). The summed E-state index contributed by atoms with van der Waals surface area (Å²) in [5.41, 5.74) is 5.85. The normalized spacial score (nSPS) is 35.7. The highest BCUT2D eigenvalue weighted by Gasteiger charge is 2.26. The third kappa shape index (κ3) is 3.57. The van der Waals surface area contributed by atoms with Gasteiger partial charge in [0.25, 0.3) is 0 Å². The highest BCUT2D eigenvalue weighted by molar-refractivity contribution is 8.07. The maximum Gasteiger partial charge on any atom is 0.234 e. The number of amides is 1. The van der Waals surface area contributed by atoms with Crippen LogP contribution in [0.4, 0.5) is 0 Å². The minimum Gasteiger partial charge on any atom is -0.352 e. The van der Waals surface area contributed by atoms with Crippen LogP contribution in [-0.4, -0.2) is 40.5 Å². The summed E-state index contributed by atoms with van der Waals surface area (Å²) in [6, 6.07) is 0.729. The Morgan fingerprint density at radius 2 is 1.94 bits per heavy atom. The lowest BCUT2D eigenvalue weighted by Crippen LogP contribution is -2.45. The summed E-state index contributed by atoms with van der Waals surface area (Å²) in [6.45, 7) is 0. The van der Waals surface area contributed by atoms with E-state index in [1.807, 2.05) is 11.8 Å². The molecule has 0 radical (unpaired) electrons. The van der Waals surface area contributed by atoms with E-state index in [0.29, 0.717) is 12.1 Å². The van der Waals surface area contributed by atoms with Crippen molar-refractivity contribution in [1.82, 2.24) is 5.32 Å². The zero-order chi connectivity index (χ0) is 11.4. The molecule has 92 valence electrons. The van der Waals surface area contributed by atoms with Crippen molar-refractivity contribution in [2.75, 3.05) is 17.3 Å². The van der Waals surface area contributed by atoms with E-state index < -0.39 is 0 Å². The lowest BCUT2D eigenvalue weighted by molar-refractivity contribution is -0.121. The second kappa shape index (κ2) is 6.17. The highest BCUT2D eigenvalue weighted by Crippen LogP contribution is 2.25. The molecule has 0 bridgehead atoms. The molecule has 3 nitrogen and oxygen atoms in total. The van der Waals surface area contributed by atoms with Crippen LogP contribution >= 0.6 is 23.5 Å². The van der Waals surface area contributed by atoms with Crippen LogP contribution in [-0.2, 0) is 4.79 Å². The van der Waals surface area contributed by atoms with Crippen molar-refractivity contribution in [2.45, 2.75) is 43.0 Å². The molecular weight excluding hydrogens is 240 g/mol. The Bertz CT molecular complexity index is 236. The number of carbonyl (C=O) groups excluding carboxylic acids is 1. The van der Waals surface area contributed by atoms with Crippen molar-refractivity contribution in [1.29, 1.82) is 0 Å². The Kier molecular flexibility index (Phi) is 4.85. The van der Waals surface area contributed by atoms with Crippen LogP contribution in [0.3, 0.4) is 0 Å². The zero-order valence-corrected chi connectivity index (χ0v) is 11.1. The van der Waals surface area contributed by atoms with Crippen LogP contribution in [0.25, 0.3) is 0 Å². The molecule has 2 fully saturated rings. The summed E-state index contributed by atoms with van der Waals surface area (Å²) in [4.78, 5) is 12.0. The average Bonchev–Trinajstić information content (AvgIpc) is 2.33. The molecule has 1 atom stereocenters. The molecule has 2 aliphatic rings. The predicted molar refractivity (Wildman–Crippen MR) is 71.9 cm³/mol. The summed E-state index contributed by atoms with van der Waals surface area (Å²) in [5.74, 6) is 3.52. The van der Waals surface area contributed by atoms with E-state index >= 15 is 0 Å². The number of carbonyl (C=O) groups is 1. The number of nitrogens with one attached hydrogen (secondary N) is 1. The molecule has 5 heteroatoms. The van der Waals surface area contributed by atoms with E-state index in [4.69, 9.17) is 5.73 Å². The first-order valence-corrected chi connectivity index (χ1v) is 8.21. The second-order valence-corrected chi connectivity index (χ2v) is 7.02. The van der Waals surface area contributed by atoms with Crippen LogP contribution in [0.1, 0.15) is 25.7 Å². The van der Waals surface area contributed by atoms with E-state index in [9.17, 15) is 4.79 Å². The Hall–Kier alpha value is 0.130. The van der Waals surface area contributed by atoms with Crippen molar-refractivity contribution in [2.24, 2.45) is 5.73 Å². The van der Waals surface area contributed by atoms with E-state index in [2.05, 4.69) is 5.32 Å². The van der Waals surface area contributed by atoms with Crippen LogP contribution in [0.15, 0.2) is 0 Å². The van der Waals surface area contributed by atoms with Gasteiger partial charge in [-0.05, 0) is 25.7 Å². The Balaban J connectivity index is 1.73. The standard InChI is InChI=1S/C11H20N2OS2/c12-8-1-3-9(4-2-8)13-11(14)10-7-15-5-6-16-10/h8-10H,1-7,12H2,(H,13,14). The molecule has 0 spiro atoms. The molecule has 1 amide bonds. The van der Waals surface area contributed by atoms with Gasteiger partial charge in [0.1, 0.15) is 0 Å². The molecule has 1 aliphatic heterocycles.